The molecule has 0 radical (unpaired) electrons. The van der Waals surface area contributed by atoms with Gasteiger partial charge in [0.25, 0.3) is 5.91 Å². The van der Waals surface area contributed by atoms with Crippen molar-refractivity contribution >= 4 is 11.9 Å². The molecule has 10 heavy (non-hydrogen) atoms. The van der Waals surface area contributed by atoms with Gasteiger partial charge in [-0.25, -0.2) is 4.79 Å². The van der Waals surface area contributed by atoms with Crippen LogP contribution in [-0.4, -0.2) is 19.0 Å². The van der Waals surface area contributed by atoms with Crippen molar-refractivity contribution in [2.45, 2.75) is 6.92 Å². The lowest BCUT2D eigenvalue weighted by Gasteiger charge is -1.96. The zero-order valence-corrected chi connectivity index (χ0v) is 5.97. The van der Waals surface area contributed by atoms with Crippen LogP contribution >= 0.6 is 0 Å². The molecule has 0 rings (SSSR count). The van der Waals surface area contributed by atoms with E-state index < -0.39 is 11.9 Å². The summed E-state index contributed by atoms with van der Waals surface area (Å²) in [5.74, 6) is -0.415. The summed E-state index contributed by atoms with van der Waals surface area (Å²) in [7, 11) is 1.44. The second kappa shape index (κ2) is 4.55. The van der Waals surface area contributed by atoms with Gasteiger partial charge in [0, 0.05) is 7.05 Å². The fourth-order valence-electron chi connectivity index (χ4n) is 0.367. The summed E-state index contributed by atoms with van der Waals surface area (Å²) in [6, 6.07) is -0.497. The van der Waals surface area contributed by atoms with Crippen molar-refractivity contribution in [3.8, 4) is 0 Å². The van der Waals surface area contributed by atoms with E-state index in [-0.39, 0.29) is 0 Å². The minimum Gasteiger partial charge on any atom is -0.341 e. The molecule has 0 heterocycles. The summed E-state index contributed by atoms with van der Waals surface area (Å²) < 4.78 is 0. The fourth-order valence-corrected chi connectivity index (χ4v) is 0.367. The van der Waals surface area contributed by atoms with Crippen molar-refractivity contribution in [1.29, 1.82) is 0 Å². The first kappa shape index (κ1) is 8.68. The molecule has 4 heteroatoms. The van der Waals surface area contributed by atoms with Crippen molar-refractivity contribution in [2.24, 2.45) is 0 Å². The van der Waals surface area contributed by atoms with E-state index in [1.165, 1.54) is 13.1 Å². The highest BCUT2D eigenvalue weighted by Crippen LogP contribution is 1.70. The molecule has 0 spiro atoms. The SMILES string of the molecule is C/C=C\C(=O)NC(=O)NC. The Balaban J connectivity index is 3.68. The molecule has 2 N–H and O–H groups in total. The van der Waals surface area contributed by atoms with Crippen molar-refractivity contribution in [1.82, 2.24) is 10.6 Å². The monoisotopic (exact) mass is 142 g/mol. The van der Waals surface area contributed by atoms with E-state index in [0.29, 0.717) is 0 Å². The highest BCUT2D eigenvalue weighted by Gasteiger charge is 1.98. The van der Waals surface area contributed by atoms with Crippen LogP contribution in [-0.2, 0) is 4.79 Å². The minimum absolute atomic E-state index is 0.415. The first-order chi connectivity index (χ1) is 4.70. The van der Waals surface area contributed by atoms with Crippen LogP contribution < -0.4 is 10.6 Å². The Kier molecular flexibility index (Phi) is 3.95. The van der Waals surface area contributed by atoms with Gasteiger partial charge >= 0.3 is 6.03 Å². The fraction of sp³-hybridized carbons (Fsp3) is 0.333. The van der Waals surface area contributed by atoms with Gasteiger partial charge in [0.05, 0.1) is 0 Å². The van der Waals surface area contributed by atoms with Gasteiger partial charge < -0.3 is 5.32 Å². The van der Waals surface area contributed by atoms with Gasteiger partial charge in [-0.1, -0.05) is 6.08 Å². The third-order valence-corrected chi connectivity index (χ3v) is 0.782. The highest BCUT2D eigenvalue weighted by atomic mass is 16.2. The largest absolute Gasteiger partial charge is 0.341 e. The third kappa shape index (κ3) is 3.65. The Bertz CT molecular complexity index is 163. The van der Waals surface area contributed by atoms with E-state index in [1.54, 1.807) is 13.0 Å². The van der Waals surface area contributed by atoms with Crippen LogP contribution in [0.15, 0.2) is 12.2 Å². The van der Waals surface area contributed by atoms with Crippen molar-refractivity contribution in [3.05, 3.63) is 12.2 Å². The predicted octanol–water partition coefficient (Wildman–Crippen LogP) is 0.0181. The van der Waals surface area contributed by atoms with Crippen LogP contribution in [0.1, 0.15) is 6.92 Å². The van der Waals surface area contributed by atoms with Gasteiger partial charge in [-0.3, -0.25) is 10.1 Å². The molecule has 0 aliphatic heterocycles. The van der Waals surface area contributed by atoms with Gasteiger partial charge in [-0.05, 0) is 13.0 Å². The number of rotatable bonds is 1. The van der Waals surface area contributed by atoms with Crippen LogP contribution in [0.4, 0.5) is 4.79 Å². The Morgan fingerprint density at radius 1 is 1.40 bits per heavy atom. The molecule has 0 aliphatic rings. The van der Waals surface area contributed by atoms with Gasteiger partial charge in [-0.2, -0.15) is 0 Å². The average Bonchev–Trinajstić information content (AvgIpc) is 1.88. The normalized spacial score (nSPS) is 9.40. The number of carbonyl (C=O) groups excluding carboxylic acids is 2. The first-order valence-electron chi connectivity index (χ1n) is 2.86. The number of allylic oxidation sites excluding steroid dienone is 1. The van der Waals surface area contributed by atoms with Crippen LogP contribution in [0, 0.1) is 0 Å². The molecular formula is C6H10N2O2. The first-order valence-corrected chi connectivity index (χ1v) is 2.86. The number of urea groups is 1. The van der Waals surface area contributed by atoms with Crippen LogP contribution in [0.3, 0.4) is 0 Å². The smallest absolute Gasteiger partial charge is 0.321 e. The zero-order chi connectivity index (χ0) is 7.98. The number of imide groups is 1. The van der Waals surface area contributed by atoms with Crippen LogP contribution in [0.2, 0.25) is 0 Å². The molecular weight excluding hydrogens is 132 g/mol. The molecule has 3 amide bonds. The molecule has 0 aromatic rings. The molecule has 0 atom stereocenters. The van der Waals surface area contributed by atoms with E-state index in [9.17, 15) is 9.59 Å². The standard InChI is InChI=1S/C6H10N2O2/c1-3-4-5(9)8-6(10)7-2/h3-4H,1-2H3,(H2,7,8,9,10)/b4-3-. The zero-order valence-electron chi connectivity index (χ0n) is 5.97. The quantitative estimate of drug-likeness (QED) is 0.507. The van der Waals surface area contributed by atoms with Crippen molar-refractivity contribution in [2.75, 3.05) is 7.05 Å². The number of amides is 3. The number of carbonyl (C=O) groups is 2. The van der Waals surface area contributed by atoms with Crippen LogP contribution in [0.25, 0.3) is 0 Å². The summed E-state index contributed by atoms with van der Waals surface area (Å²) in [5, 5.41) is 4.30. The molecule has 4 nitrogen and oxygen atoms in total. The lowest BCUT2D eigenvalue weighted by molar-refractivity contribution is -0.115. The van der Waals surface area contributed by atoms with E-state index in [0.717, 1.165) is 0 Å². The third-order valence-electron chi connectivity index (χ3n) is 0.782. The number of nitrogens with one attached hydrogen (secondary N) is 2. The van der Waals surface area contributed by atoms with E-state index in [2.05, 4.69) is 10.6 Å². The summed E-state index contributed by atoms with van der Waals surface area (Å²) in [6.45, 7) is 1.70. The lowest BCUT2D eigenvalue weighted by atomic mass is 10.5. The van der Waals surface area contributed by atoms with E-state index in [1.807, 2.05) is 0 Å². The second-order valence-corrected chi connectivity index (χ2v) is 1.57. The van der Waals surface area contributed by atoms with E-state index in [4.69, 9.17) is 0 Å². The van der Waals surface area contributed by atoms with Crippen molar-refractivity contribution < 1.29 is 9.59 Å². The Hall–Kier alpha value is -1.32. The Morgan fingerprint density at radius 3 is 2.40 bits per heavy atom. The molecule has 0 saturated heterocycles. The second-order valence-electron chi connectivity index (χ2n) is 1.57. The van der Waals surface area contributed by atoms with Gasteiger partial charge in [0.1, 0.15) is 0 Å². The predicted molar refractivity (Wildman–Crippen MR) is 37.4 cm³/mol. The summed E-state index contributed by atoms with van der Waals surface area (Å²) >= 11 is 0. The highest BCUT2D eigenvalue weighted by molar-refractivity contribution is 6.00. The van der Waals surface area contributed by atoms with Crippen LogP contribution in [0.5, 0.6) is 0 Å². The molecule has 56 valence electrons. The number of hydrogen-bond donors (Lipinski definition) is 2. The molecule has 0 saturated carbocycles. The molecule has 0 aromatic heterocycles. The van der Waals surface area contributed by atoms with Gasteiger partial charge in [-0.15, -0.1) is 0 Å². The maximum Gasteiger partial charge on any atom is 0.321 e. The topological polar surface area (TPSA) is 58.2 Å². The minimum atomic E-state index is -0.497. The maximum absolute atomic E-state index is 10.6. The maximum atomic E-state index is 10.6. The van der Waals surface area contributed by atoms with Gasteiger partial charge in [0.2, 0.25) is 0 Å². The number of hydrogen-bond acceptors (Lipinski definition) is 2. The van der Waals surface area contributed by atoms with Crippen molar-refractivity contribution in [3.63, 3.8) is 0 Å². The molecule has 0 unspecified atom stereocenters. The molecule has 0 aliphatic carbocycles. The lowest BCUT2D eigenvalue weighted by Crippen LogP contribution is -2.36. The van der Waals surface area contributed by atoms with E-state index >= 15 is 0 Å². The average molecular weight is 142 g/mol. The molecule has 0 bridgehead atoms. The molecule has 0 aromatic carbocycles. The summed E-state index contributed by atoms with van der Waals surface area (Å²) in [6.07, 6.45) is 2.83. The molecule has 0 fully saturated rings. The Labute approximate surface area is 59.3 Å². The summed E-state index contributed by atoms with van der Waals surface area (Å²) in [4.78, 5) is 21.0. The Morgan fingerprint density at radius 2 is 2.00 bits per heavy atom. The summed E-state index contributed by atoms with van der Waals surface area (Å²) in [5.41, 5.74) is 0. The van der Waals surface area contributed by atoms with Gasteiger partial charge in [0.15, 0.2) is 0 Å².